The van der Waals surface area contributed by atoms with Crippen LogP contribution in [0.2, 0.25) is 0 Å². The first-order valence-electron chi connectivity index (χ1n) is 8.31. The highest BCUT2D eigenvalue weighted by atomic mass is 16.1. The number of ketones is 1. The van der Waals surface area contributed by atoms with Gasteiger partial charge in [0, 0.05) is 30.4 Å². The second kappa shape index (κ2) is 8.52. The third-order valence-electron chi connectivity index (χ3n) is 4.40. The molecule has 118 valence electrons. The molecule has 0 aliphatic heterocycles. The summed E-state index contributed by atoms with van der Waals surface area (Å²) in [4.78, 5) is 16.5. The molecule has 2 rings (SSSR count). The number of hydrogen-bond donors (Lipinski definition) is 0. The largest absolute Gasteiger partial charge is 0.334 e. The minimum Gasteiger partial charge on any atom is -0.334 e. The zero-order chi connectivity index (χ0) is 15.8. The predicted octanol–water partition coefficient (Wildman–Crippen LogP) is 4.91. The van der Waals surface area contributed by atoms with Crippen LogP contribution in [0.4, 0.5) is 0 Å². The summed E-state index contributed by atoms with van der Waals surface area (Å²) < 4.78 is 2.21. The number of Topliss-reactive ketones (excluding diaryl/α,β-unsaturated/α-hetero) is 1. The third kappa shape index (κ3) is 4.30. The first-order valence-corrected chi connectivity index (χ1v) is 8.31. The number of aromatic nitrogens is 2. The van der Waals surface area contributed by atoms with Crippen molar-refractivity contribution >= 4 is 5.78 Å². The van der Waals surface area contributed by atoms with E-state index < -0.39 is 0 Å². The van der Waals surface area contributed by atoms with E-state index >= 15 is 0 Å². The van der Waals surface area contributed by atoms with E-state index in [1.807, 2.05) is 49.1 Å². The Morgan fingerprint density at radius 2 is 1.95 bits per heavy atom. The number of benzene rings is 1. The van der Waals surface area contributed by atoms with Gasteiger partial charge in [0.1, 0.15) is 0 Å². The van der Waals surface area contributed by atoms with E-state index in [4.69, 9.17) is 0 Å². The van der Waals surface area contributed by atoms with Gasteiger partial charge in [0.15, 0.2) is 5.78 Å². The van der Waals surface area contributed by atoms with Crippen LogP contribution in [0.1, 0.15) is 62.4 Å². The van der Waals surface area contributed by atoms with Crippen molar-refractivity contribution in [1.29, 1.82) is 0 Å². The molecular weight excluding hydrogens is 272 g/mol. The van der Waals surface area contributed by atoms with Gasteiger partial charge < -0.3 is 4.57 Å². The van der Waals surface area contributed by atoms with Crippen LogP contribution in [0.15, 0.2) is 49.1 Å². The quantitative estimate of drug-likeness (QED) is 0.616. The van der Waals surface area contributed by atoms with E-state index in [1.54, 1.807) is 0 Å². The van der Waals surface area contributed by atoms with Crippen molar-refractivity contribution in [3.8, 4) is 0 Å². The topological polar surface area (TPSA) is 34.9 Å². The molecule has 0 saturated heterocycles. The monoisotopic (exact) mass is 298 g/mol. The van der Waals surface area contributed by atoms with Crippen LogP contribution < -0.4 is 0 Å². The first-order chi connectivity index (χ1) is 10.8. The molecule has 0 saturated carbocycles. The van der Waals surface area contributed by atoms with Crippen LogP contribution in [-0.4, -0.2) is 15.3 Å². The third-order valence-corrected chi connectivity index (χ3v) is 4.40. The minimum atomic E-state index is 0.250. The van der Waals surface area contributed by atoms with Gasteiger partial charge in [-0.05, 0) is 18.8 Å². The lowest BCUT2D eigenvalue weighted by Crippen LogP contribution is -2.19. The van der Waals surface area contributed by atoms with Gasteiger partial charge in [-0.1, -0.05) is 57.0 Å². The summed E-state index contributed by atoms with van der Waals surface area (Å²) in [6.45, 7) is 4.43. The standard InChI is InChI=1S/C19H26N2O/c1-3-8-18(21-14-13-20-15-21)16(4-2)11-12-19(22)17-9-6-5-7-10-17/h5-7,9-10,13-16,18H,3-4,8,11-12H2,1-2H3. The van der Waals surface area contributed by atoms with Crippen molar-refractivity contribution in [2.45, 2.75) is 52.0 Å². The highest BCUT2D eigenvalue weighted by Crippen LogP contribution is 2.30. The van der Waals surface area contributed by atoms with Gasteiger partial charge >= 0.3 is 0 Å². The highest BCUT2D eigenvalue weighted by molar-refractivity contribution is 5.95. The van der Waals surface area contributed by atoms with Gasteiger partial charge in [-0.3, -0.25) is 4.79 Å². The molecular formula is C19H26N2O. The highest BCUT2D eigenvalue weighted by Gasteiger charge is 2.21. The Balaban J connectivity index is 2.00. The van der Waals surface area contributed by atoms with Crippen molar-refractivity contribution in [3.05, 3.63) is 54.6 Å². The molecule has 2 aromatic rings. The minimum absolute atomic E-state index is 0.250. The van der Waals surface area contributed by atoms with E-state index in [-0.39, 0.29) is 5.78 Å². The molecule has 1 heterocycles. The van der Waals surface area contributed by atoms with Crippen molar-refractivity contribution in [3.63, 3.8) is 0 Å². The average molecular weight is 298 g/mol. The van der Waals surface area contributed by atoms with Crippen LogP contribution in [0.5, 0.6) is 0 Å². The Morgan fingerprint density at radius 3 is 2.55 bits per heavy atom. The van der Waals surface area contributed by atoms with E-state index in [9.17, 15) is 4.79 Å². The van der Waals surface area contributed by atoms with Crippen LogP contribution in [-0.2, 0) is 0 Å². The van der Waals surface area contributed by atoms with Crippen molar-refractivity contribution in [2.75, 3.05) is 0 Å². The summed E-state index contributed by atoms with van der Waals surface area (Å²) in [5, 5.41) is 0. The smallest absolute Gasteiger partial charge is 0.162 e. The summed E-state index contributed by atoms with van der Waals surface area (Å²) in [5.74, 6) is 0.766. The molecule has 3 heteroatoms. The lowest BCUT2D eigenvalue weighted by molar-refractivity contribution is 0.0967. The Kier molecular flexibility index (Phi) is 6.38. The number of imidazole rings is 1. The Morgan fingerprint density at radius 1 is 1.18 bits per heavy atom. The van der Waals surface area contributed by atoms with Gasteiger partial charge in [0.2, 0.25) is 0 Å². The van der Waals surface area contributed by atoms with Crippen molar-refractivity contribution in [1.82, 2.24) is 9.55 Å². The molecule has 2 unspecified atom stereocenters. The van der Waals surface area contributed by atoms with Gasteiger partial charge in [-0.15, -0.1) is 0 Å². The van der Waals surface area contributed by atoms with Gasteiger partial charge in [-0.25, -0.2) is 4.98 Å². The van der Waals surface area contributed by atoms with Crippen LogP contribution in [0.3, 0.4) is 0 Å². The van der Waals surface area contributed by atoms with Gasteiger partial charge in [0.05, 0.1) is 6.33 Å². The molecule has 0 amide bonds. The number of hydrogen-bond acceptors (Lipinski definition) is 2. The molecule has 1 aromatic carbocycles. The Bertz CT molecular complexity index is 548. The van der Waals surface area contributed by atoms with Crippen molar-refractivity contribution in [2.24, 2.45) is 5.92 Å². The molecule has 3 nitrogen and oxygen atoms in total. The number of rotatable bonds is 9. The zero-order valence-electron chi connectivity index (χ0n) is 13.6. The fraction of sp³-hybridized carbons (Fsp3) is 0.474. The van der Waals surface area contributed by atoms with E-state index in [0.717, 1.165) is 31.2 Å². The summed E-state index contributed by atoms with van der Waals surface area (Å²) in [5.41, 5.74) is 0.826. The summed E-state index contributed by atoms with van der Waals surface area (Å²) in [7, 11) is 0. The number of nitrogens with zero attached hydrogens (tertiary/aromatic N) is 2. The SMILES string of the molecule is CCCC(C(CC)CCC(=O)c1ccccc1)n1ccnc1. The number of carbonyl (C=O) groups excluding carboxylic acids is 1. The maximum absolute atomic E-state index is 12.3. The van der Waals surface area contributed by atoms with Crippen molar-refractivity contribution < 1.29 is 4.79 Å². The van der Waals surface area contributed by atoms with Crippen LogP contribution in [0.25, 0.3) is 0 Å². The fourth-order valence-electron chi connectivity index (χ4n) is 3.14. The first kappa shape index (κ1) is 16.5. The predicted molar refractivity (Wildman–Crippen MR) is 90.0 cm³/mol. The molecule has 22 heavy (non-hydrogen) atoms. The molecule has 2 atom stereocenters. The molecule has 0 bridgehead atoms. The molecule has 1 aromatic heterocycles. The van der Waals surface area contributed by atoms with Crippen LogP contribution >= 0.6 is 0 Å². The van der Waals surface area contributed by atoms with E-state index in [1.165, 1.54) is 0 Å². The molecule has 0 aliphatic carbocycles. The summed E-state index contributed by atoms with van der Waals surface area (Å²) in [6.07, 6.45) is 10.7. The molecule has 0 N–H and O–H groups in total. The normalized spacial score (nSPS) is 13.7. The summed E-state index contributed by atoms with van der Waals surface area (Å²) in [6, 6.07) is 10.1. The lowest BCUT2D eigenvalue weighted by Gasteiger charge is -2.27. The van der Waals surface area contributed by atoms with Gasteiger partial charge in [-0.2, -0.15) is 0 Å². The second-order valence-electron chi connectivity index (χ2n) is 5.86. The Labute approximate surface area is 133 Å². The van der Waals surface area contributed by atoms with Crippen LogP contribution in [0, 0.1) is 5.92 Å². The van der Waals surface area contributed by atoms with E-state index in [2.05, 4.69) is 23.4 Å². The maximum Gasteiger partial charge on any atom is 0.162 e. The molecule has 0 fully saturated rings. The number of carbonyl (C=O) groups is 1. The molecule has 0 aliphatic rings. The molecule has 0 radical (unpaired) electrons. The Hall–Kier alpha value is -1.90. The maximum atomic E-state index is 12.3. The lowest BCUT2D eigenvalue weighted by atomic mass is 9.87. The average Bonchev–Trinajstić information content (AvgIpc) is 3.09. The van der Waals surface area contributed by atoms with E-state index in [0.29, 0.717) is 18.4 Å². The fourth-order valence-corrected chi connectivity index (χ4v) is 3.14. The van der Waals surface area contributed by atoms with Gasteiger partial charge in [0.25, 0.3) is 0 Å². The summed E-state index contributed by atoms with van der Waals surface area (Å²) >= 11 is 0. The molecule has 0 spiro atoms. The second-order valence-corrected chi connectivity index (χ2v) is 5.86. The zero-order valence-corrected chi connectivity index (χ0v) is 13.6.